The van der Waals surface area contributed by atoms with Crippen molar-refractivity contribution >= 4 is 27.7 Å². The standard InChI is InChI=1S/C21H20FN3O/c22-17-6-5-15-8-11-25(20(15)13-17)12-9-21(26)23-10-7-16-14-24-19-4-2-1-3-18(16)19/h1-6,8,11,13-14,24H,7,9-10,12H2,(H,23,26). The Hall–Kier alpha value is -3.08. The molecule has 0 aliphatic heterocycles. The maximum absolute atomic E-state index is 13.4. The van der Waals surface area contributed by atoms with Crippen LogP contribution in [0.1, 0.15) is 12.0 Å². The molecule has 5 heteroatoms. The number of nitrogens with zero attached hydrogens (tertiary/aromatic N) is 1. The Bertz CT molecular complexity index is 1060. The van der Waals surface area contributed by atoms with Crippen molar-refractivity contribution in [2.24, 2.45) is 0 Å². The van der Waals surface area contributed by atoms with Crippen molar-refractivity contribution in [1.29, 1.82) is 0 Å². The average Bonchev–Trinajstić information content (AvgIpc) is 3.24. The number of amides is 1. The molecule has 4 nitrogen and oxygen atoms in total. The van der Waals surface area contributed by atoms with Crippen molar-refractivity contribution in [3.8, 4) is 0 Å². The molecule has 26 heavy (non-hydrogen) atoms. The number of nitrogens with one attached hydrogen (secondary N) is 2. The predicted molar refractivity (Wildman–Crippen MR) is 102 cm³/mol. The number of aryl methyl sites for hydroxylation is 1. The molecule has 2 aromatic heterocycles. The molecule has 2 aromatic carbocycles. The maximum atomic E-state index is 13.4. The zero-order valence-electron chi connectivity index (χ0n) is 14.3. The number of fused-ring (bicyclic) bond motifs is 2. The summed E-state index contributed by atoms with van der Waals surface area (Å²) >= 11 is 0. The van der Waals surface area contributed by atoms with Gasteiger partial charge in [-0.1, -0.05) is 18.2 Å². The fraction of sp³-hybridized carbons (Fsp3) is 0.190. The van der Waals surface area contributed by atoms with Gasteiger partial charge in [-0.3, -0.25) is 4.79 Å². The van der Waals surface area contributed by atoms with Gasteiger partial charge in [-0.05, 0) is 47.7 Å². The molecular weight excluding hydrogens is 329 g/mol. The van der Waals surface area contributed by atoms with E-state index in [4.69, 9.17) is 0 Å². The molecule has 0 unspecified atom stereocenters. The lowest BCUT2D eigenvalue weighted by Gasteiger charge is -2.07. The van der Waals surface area contributed by atoms with E-state index in [9.17, 15) is 9.18 Å². The SMILES string of the molecule is O=C(CCn1ccc2ccc(F)cc21)NCCc1c[nH]c2ccccc12. The van der Waals surface area contributed by atoms with E-state index < -0.39 is 0 Å². The molecule has 0 spiro atoms. The molecule has 2 N–H and O–H groups in total. The van der Waals surface area contributed by atoms with Gasteiger partial charge in [0.2, 0.25) is 5.91 Å². The van der Waals surface area contributed by atoms with E-state index in [1.165, 1.54) is 23.1 Å². The Kier molecular flexibility index (Phi) is 4.44. The fourth-order valence-electron chi connectivity index (χ4n) is 3.34. The number of hydrogen-bond acceptors (Lipinski definition) is 1. The van der Waals surface area contributed by atoms with Gasteiger partial charge in [0.1, 0.15) is 5.82 Å². The molecule has 4 aromatic rings. The lowest BCUT2D eigenvalue weighted by atomic mass is 10.1. The van der Waals surface area contributed by atoms with E-state index in [-0.39, 0.29) is 11.7 Å². The highest BCUT2D eigenvalue weighted by molar-refractivity contribution is 5.83. The van der Waals surface area contributed by atoms with E-state index in [1.807, 2.05) is 41.2 Å². The van der Waals surface area contributed by atoms with Gasteiger partial charge in [0.05, 0.1) is 5.52 Å². The Morgan fingerprint density at radius 3 is 2.96 bits per heavy atom. The summed E-state index contributed by atoms with van der Waals surface area (Å²) in [5.74, 6) is -0.260. The predicted octanol–water partition coefficient (Wildman–Crippen LogP) is 4.01. The molecular formula is C21H20FN3O. The second kappa shape index (κ2) is 7.04. The number of para-hydroxylation sites is 1. The summed E-state index contributed by atoms with van der Waals surface area (Å²) in [6.07, 6.45) is 5.04. The number of carbonyl (C=O) groups is 1. The van der Waals surface area contributed by atoms with Crippen LogP contribution in [0.5, 0.6) is 0 Å². The van der Waals surface area contributed by atoms with E-state index >= 15 is 0 Å². The second-order valence-corrected chi connectivity index (χ2v) is 6.42. The summed E-state index contributed by atoms with van der Waals surface area (Å²) < 4.78 is 15.3. The molecule has 0 aliphatic rings. The third kappa shape index (κ3) is 3.33. The van der Waals surface area contributed by atoms with Crippen LogP contribution in [-0.2, 0) is 17.8 Å². The van der Waals surface area contributed by atoms with Crippen LogP contribution in [0.4, 0.5) is 4.39 Å². The van der Waals surface area contributed by atoms with Crippen molar-refractivity contribution < 1.29 is 9.18 Å². The summed E-state index contributed by atoms with van der Waals surface area (Å²) in [4.78, 5) is 15.4. The average molecular weight is 349 g/mol. The van der Waals surface area contributed by atoms with Crippen molar-refractivity contribution in [2.45, 2.75) is 19.4 Å². The number of carbonyl (C=O) groups excluding carboxylic acids is 1. The first-order chi connectivity index (χ1) is 12.7. The number of aromatic amines is 1. The van der Waals surface area contributed by atoms with Gasteiger partial charge >= 0.3 is 0 Å². The molecule has 0 aliphatic carbocycles. The van der Waals surface area contributed by atoms with Gasteiger partial charge in [-0.25, -0.2) is 4.39 Å². The summed E-state index contributed by atoms with van der Waals surface area (Å²) in [5.41, 5.74) is 3.13. The van der Waals surface area contributed by atoms with E-state index in [2.05, 4.69) is 16.4 Å². The fourth-order valence-corrected chi connectivity index (χ4v) is 3.34. The molecule has 0 bridgehead atoms. The van der Waals surface area contributed by atoms with Crippen molar-refractivity contribution in [3.05, 3.63) is 72.3 Å². The minimum absolute atomic E-state index is 0.00287. The summed E-state index contributed by atoms with van der Waals surface area (Å²) in [7, 11) is 0. The highest BCUT2D eigenvalue weighted by Crippen LogP contribution is 2.18. The van der Waals surface area contributed by atoms with Crippen molar-refractivity contribution in [2.75, 3.05) is 6.54 Å². The second-order valence-electron chi connectivity index (χ2n) is 6.42. The van der Waals surface area contributed by atoms with Gasteiger partial charge in [0.25, 0.3) is 0 Å². The van der Waals surface area contributed by atoms with Gasteiger partial charge in [0.15, 0.2) is 0 Å². The Morgan fingerprint density at radius 1 is 1.15 bits per heavy atom. The molecule has 2 heterocycles. The number of H-pyrrole nitrogens is 1. The van der Waals surface area contributed by atoms with Crippen LogP contribution in [0.2, 0.25) is 0 Å². The number of hydrogen-bond donors (Lipinski definition) is 2. The molecule has 132 valence electrons. The third-order valence-corrected chi connectivity index (χ3v) is 4.71. The van der Waals surface area contributed by atoms with Crippen LogP contribution in [0.3, 0.4) is 0 Å². The summed E-state index contributed by atoms with van der Waals surface area (Å²) in [6.45, 7) is 1.13. The Balaban J connectivity index is 1.31. The zero-order valence-corrected chi connectivity index (χ0v) is 14.3. The van der Waals surface area contributed by atoms with Gasteiger partial charge in [0, 0.05) is 42.8 Å². The molecule has 0 saturated carbocycles. The highest BCUT2D eigenvalue weighted by atomic mass is 19.1. The topological polar surface area (TPSA) is 49.8 Å². The maximum Gasteiger partial charge on any atom is 0.221 e. The first-order valence-electron chi connectivity index (χ1n) is 8.77. The summed E-state index contributed by atoms with van der Waals surface area (Å²) in [6, 6.07) is 14.8. The minimum atomic E-state index is -0.263. The third-order valence-electron chi connectivity index (χ3n) is 4.71. The van der Waals surface area contributed by atoms with Crippen LogP contribution in [-0.4, -0.2) is 22.0 Å². The number of aromatic nitrogens is 2. The monoisotopic (exact) mass is 349 g/mol. The highest BCUT2D eigenvalue weighted by Gasteiger charge is 2.07. The van der Waals surface area contributed by atoms with Crippen LogP contribution in [0.15, 0.2) is 60.9 Å². The van der Waals surface area contributed by atoms with Crippen LogP contribution in [0, 0.1) is 5.82 Å². The quantitative estimate of drug-likeness (QED) is 0.543. The largest absolute Gasteiger partial charge is 0.361 e. The number of rotatable bonds is 6. The van der Waals surface area contributed by atoms with Gasteiger partial charge in [-0.2, -0.15) is 0 Å². The lowest BCUT2D eigenvalue weighted by molar-refractivity contribution is -0.121. The zero-order chi connectivity index (χ0) is 17.9. The number of benzene rings is 2. The first kappa shape index (κ1) is 16.4. The van der Waals surface area contributed by atoms with E-state index in [1.54, 1.807) is 6.07 Å². The molecule has 0 fully saturated rings. The lowest BCUT2D eigenvalue weighted by Crippen LogP contribution is -2.26. The van der Waals surface area contributed by atoms with E-state index in [0.717, 1.165) is 22.8 Å². The van der Waals surface area contributed by atoms with Crippen LogP contribution < -0.4 is 5.32 Å². The van der Waals surface area contributed by atoms with Crippen LogP contribution >= 0.6 is 0 Å². The molecule has 4 rings (SSSR count). The molecule has 1 amide bonds. The van der Waals surface area contributed by atoms with Gasteiger partial charge < -0.3 is 14.9 Å². The molecule has 0 radical (unpaired) electrons. The van der Waals surface area contributed by atoms with E-state index in [0.29, 0.717) is 19.5 Å². The smallest absolute Gasteiger partial charge is 0.221 e. The van der Waals surface area contributed by atoms with Crippen LogP contribution in [0.25, 0.3) is 21.8 Å². The van der Waals surface area contributed by atoms with Crippen molar-refractivity contribution in [1.82, 2.24) is 14.9 Å². The summed E-state index contributed by atoms with van der Waals surface area (Å²) in [5, 5.41) is 5.14. The molecule has 0 atom stereocenters. The number of halogens is 1. The Labute approximate surface area is 150 Å². The minimum Gasteiger partial charge on any atom is -0.361 e. The van der Waals surface area contributed by atoms with Crippen molar-refractivity contribution in [3.63, 3.8) is 0 Å². The first-order valence-corrected chi connectivity index (χ1v) is 8.77. The Morgan fingerprint density at radius 2 is 2.04 bits per heavy atom. The normalized spacial score (nSPS) is 11.3. The molecule has 0 saturated heterocycles. The van der Waals surface area contributed by atoms with Gasteiger partial charge in [-0.15, -0.1) is 0 Å².